The Morgan fingerprint density at radius 3 is 2.37 bits per heavy atom. The van der Waals surface area contributed by atoms with E-state index in [1.54, 1.807) is 0 Å². The monoisotopic (exact) mass is 428 g/mol. The summed E-state index contributed by atoms with van der Waals surface area (Å²) in [6.07, 6.45) is 9.76. The van der Waals surface area contributed by atoms with Gasteiger partial charge >= 0.3 is 0 Å². The molecule has 0 bridgehead atoms. The molecule has 1 N–H and O–H groups in total. The molecule has 4 nitrogen and oxygen atoms in total. The standard InChI is InChI=1S/C25H40N4S/c1-6-28(7-2)18-10-11-20(5)26-21-12-14-22(15-13-21)27-24-17-16-23(19-25(24)30)29(8-3)9-4/h12-14,16-17,19-20,26,30H,6-11,15,18H2,1-5H3. The minimum Gasteiger partial charge on any atom is -0.383 e. The molecule has 0 aromatic heterocycles. The molecule has 1 atom stereocenters. The fraction of sp³-hybridized carbons (Fsp3) is 0.560. The molecule has 5 heteroatoms. The topological polar surface area (TPSA) is 30.9 Å². The van der Waals surface area contributed by atoms with Gasteiger partial charge in [0, 0.05) is 47.5 Å². The molecular weight excluding hydrogens is 388 g/mol. The van der Waals surface area contributed by atoms with Gasteiger partial charge in [0.05, 0.1) is 5.69 Å². The van der Waals surface area contributed by atoms with Gasteiger partial charge in [0.1, 0.15) is 0 Å². The summed E-state index contributed by atoms with van der Waals surface area (Å²) in [7, 11) is 0. The SMILES string of the molecule is CCN(CC)CCCC(C)NC1=CCC(=Nc2ccc(N(CC)CC)cc2S)C=C1. The Bertz CT molecular complexity index is 746. The largest absolute Gasteiger partial charge is 0.383 e. The van der Waals surface area contributed by atoms with Gasteiger partial charge in [-0.2, -0.15) is 0 Å². The van der Waals surface area contributed by atoms with Gasteiger partial charge in [-0.1, -0.05) is 19.9 Å². The lowest BCUT2D eigenvalue weighted by Crippen LogP contribution is -2.28. The number of nitrogens with one attached hydrogen (secondary N) is 1. The molecule has 30 heavy (non-hydrogen) atoms. The maximum Gasteiger partial charge on any atom is 0.0767 e. The van der Waals surface area contributed by atoms with Crippen LogP contribution in [0.4, 0.5) is 11.4 Å². The lowest BCUT2D eigenvalue weighted by Gasteiger charge is -2.22. The van der Waals surface area contributed by atoms with E-state index in [2.05, 4.69) is 98.8 Å². The Morgan fingerprint density at radius 2 is 1.80 bits per heavy atom. The van der Waals surface area contributed by atoms with Crippen LogP contribution in [0, 0.1) is 0 Å². The van der Waals surface area contributed by atoms with Crippen LogP contribution in [0.25, 0.3) is 0 Å². The minimum atomic E-state index is 0.478. The molecule has 0 fully saturated rings. The van der Waals surface area contributed by atoms with Crippen LogP contribution in [0.15, 0.2) is 52.0 Å². The average molecular weight is 429 g/mol. The summed E-state index contributed by atoms with van der Waals surface area (Å²) < 4.78 is 0. The number of aliphatic imine (C=N–C) groups is 1. The van der Waals surface area contributed by atoms with Gasteiger partial charge in [-0.05, 0) is 83.6 Å². The van der Waals surface area contributed by atoms with E-state index < -0.39 is 0 Å². The average Bonchev–Trinajstić information content (AvgIpc) is 2.75. The van der Waals surface area contributed by atoms with Gasteiger partial charge in [-0.3, -0.25) is 4.99 Å². The van der Waals surface area contributed by atoms with Crippen LogP contribution < -0.4 is 10.2 Å². The second kappa shape index (κ2) is 12.9. The smallest absolute Gasteiger partial charge is 0.0767 e. The van der Waals surface area contributed by atoms with Gasteiger partial charge < -0.3 is 15.1 Å². The van der Waals surface area contributed by atoms with Crippen LogP contribution >= 0.6 is 12.6 Å². The van der Waals surface area contributed by atoms with E-state index in [9.17, 15) is 0 Å². The number of benzene rings is 1. The van der Waals surface area contributed by atoms with E-state index in [0.717, 1.165) is 48.9 Å². The van der Waals surface area contributed by atoms with Crippen molar-refractivity contribution in [1.29, 1.82) is 0 Å². The van der Waals surface area contributed by atoms with E-state index in [1.165, 1.54) is 30.8 Å². The van der Waals surface area contributed by atoms with Crippen molar-refractivity contribution in [1.82, 2.24) is 10.2 Å². The zero-order valence-corrected chi connectivity index (χ0v) is 20.4. The number of hydrogen-bond acceptors (Lipinski definition) is 5. The summed E-state index contributed by atoms with van der Waals surface area (Å²) >= 11 is 4.67. The fourth-order valence-electron chi connectivity index (χ4n) is 3.79. The third-order valence-corrected chi connectivity index (χ3v) is 6.12. The minimum absolute atomic E-state index is 0.478. The Balaban J connectivity index is 1.88. The summed E-state index contributed by atoms with van der Waals surface area (Å²) in [6.45, 7) is 16.5. The third-order valence-electron chi connectivity index (χ3n) is 5.76. The molecule has 1 aromatic rings. The zero-order chi connectivity index (χ0) is 21.9. The van der Waals surface area contributed by atoms with Gasteiger partial charge in [0.25, 0.3) is 0 Å². The van der Waals surface area contributed by atoms with Crippen LogP contribution in [0.1, 0.15) is 53.9 Å². The Kier molecular flexibility index (Phi) is 10.5. The first-order chi connectivity index (χ1) is 14.5. The lowest BCUT2D eigenvalue weighted by molar-refractivity contribution is 0.292. The predicted molar refractivity (Wildman–Crippen MR) is 136 cm³/mol. The first-order valence-corrected chi connectivity index (χ1v) is 12.0. The van der Waals surface area contributed by atoms with E-state index in [4.69, 9.17) is 4.99 Å². The van der Waals surface area contributed by atoms with Crippen LogP contribution in [0.5, 0.6) is 0 Å². The second-order valence-corrected chi connectivity index (χ2v) is 8.34. The number of nitrogens with zero attached hydrogens (tertiary/aromatic N) is 3. The van der Waals surface area contributed by atoms with Crippen LogP contribution in [0.3, 0.4) is 0 Å². The van der Waals surface area contributed by atoms with Crippen molar-refractivity contribution in [2.45, 2.75) is 64.8 Å². The molecule has 0 radical (unpaired) electrons. The summed E-state index contributed by atoms with van der Waals surface area (Å²) in [5, 5.41) is 3.64. The van der Waals surface area contributed by atoms with Crippen LogP contribution in [0.2, 0.25) is 0 Å². The van der Waals surface area contributed by atoms with Gasteiger partial charge in [0.15, 0.2) is 0 Å². The lowest BCUT2D eigenvalue weighted by atomic mass is 10.1. The Hall–Kier alpha value is -1.72. The van der Waals surface area contributed by atoms with E-state index >= 15 is 0 Å². The molecule has 0 saturated carbocycles. The highest BCUT2D eigenvalue weighted by Gasteiger charge is 2.09. The van der Waals surface area contributed by atoms with Crippen molar-refractivity contribution in [3.05, 3.63) is 42.1 Å². The number of rotatable bonds is 12. The quantitative estimate of drug-likeness (QED) is 0.410. The maximum atomic E-state index is 4.83. The molecule has 1 unspecified atom stereocenters. The highest BCUT2D eigenvalue weighted by molar-refractivity contribution is 7.80. The molecule has 0 heterocycles. The summed E-state index contributed by atoms with van der Waals surface area (Å²) in [5.41, 5.74) is 4.41. The Labute approximate surface area is 189 Å². The number of anilines is 1. The van der Waals surface area contributed by atoms with Crippen molar-refractivity contribution in [2.75, 3.05) is 37.6 Å². The van der Waals surface area contributed by atoms with Crippen LogP contribution in [-0.2, 0) is 0 Å². The van der Waals surface area contributed by atoms with Gasteiger partial charge in [0.2, 0.25) is 0 Å². The highest BCUT2D eigenvalue weighted by atomic mass is 32.1. The molecule has 166 valence electrons. The molecule has 0 saturated heterocycles. The van der Waals surface area contributed by atoms with Crippen molar-refractivity contribution in [2.24, 2.45) is 4.99 Å². The Morgan fingerprint density at radius 1 is 1.07 bits per heavy atom. The van der Waals surface area contributed by atoms with Crippen molar-refractivity contribution < 1.29 is 0 Å². The molecule has 1 aliphatic carbocycles. The molecule has 0 amide bonds. The maximum absolute atomic E-state index is 4.83. The molecular formula is C25H40N4S. The number of thiol groups is 1. The van der Waals surface area contributed by atoms with Gasteiger partial charge in [-0.25, -0.2) is 0 Å². The fourth-order valence-corrected chi connectivity index (χ4v) is 4.05. The predicted octanol–water partition coefficient (Wildman–Crippen LogP) is 5.84. The van der Waals surface area contributed by atoms with E-state index in [-0.39, 0.29) is 0 Å². The highest BCUT2D eigenvalue weighted by Crippen LogP contribution is 2.29. The summed E-state index contributed by atoms with van der Waals surface area (Å²) in [4.78, 5) is 10.6. The van der Waals surface area contributed by atoms with E-state index in [0.29, 0.717) is 6.04 Å². The van der Waals surface area contributed by atoms with Crippen molar-refractivity contribution >= 4 is 29.7 Å². The third kappa shape index (κ3) is 7.51. The molecule has 0 spiro atoms. The zero-order valence-electron chi connectivity index (χ0n) is 19.5. The molecule has 1 aliphatic rings. The van der Waals surface area contributed by atoms with E-state index in [1.807, 2.05) is 0 Å². The normalized spacial score (nSPS) is 16.1. The van der Waals surface area contributed by atoms with Crippen LogP contribution in [-0.4, -0.2) is 49.4 Å². The van der Waals surface area contributed by atoms with Gasteiger partial charge in [-0.15, -0.1) is 12.6 Å². The first kappa shape index (κ1) is 24.5. The summed E-state index contributed by atoms with van der Waals surface area (Å²) in [5.74, 6) is 0. The molecule has 1 aromatic carbocycles. The summed E-state index contributed by atoms with van der Waals surface area (Å²) in [6, 6.07) is 6.81. The molecule has 0 aliphatic heterocycles. The first-order valence-electron chi connectivity index (χ1n) is 11.5. The second-order valence-electron chi connectivity index (χ2n) is 7.86. The molecule has 2 rings (SSSR count). The van der Waals surface area contributed by atoms with Crippen molar-refractivity contribution in [3.8, 4) is 0 Å². The number of allylic oxidation sites excluding steroid dienone is 3. The van der Waals surface area contributed by atoms with Crippen molar-refractivity contribution in [3.63, 3.8) is 0 Å². The number of hydrogen-bond donors (Lipinski definition) is 2.